The fourth-order valence-corrected chi connectivity index (χ4v) is 2.71. The molecular formula is C17H16F3NOS. The molecule has 2 aromatic rings. The minimum absolute atomic E-state index is 0.340. The molecule has 23 heavy (non-hydrogen) atoms. The van der Waals surface area contributed by atoms with Crippen molar-refractivity contribution in [2.75, 3.05) is 11.1 Å². The highest BCUT2D eigenvalue weighted by Crippen LogP contribution is 2.32. The van der Waals surface area contributed by atoms with Crippen LogP contribution in [0.1, 0.15) is 22.8 Å². The second-order valence-corrected chi connectivity index (χ2v) is 5.92. The number of aryl methyl sites for hydroxylation is 1. The predicted octanol–water partition coefficient (Wildman–Crippen LogP) is 5.16. The van der Waals surface area contributed by atoms with E-state index < -0.39 is 11.9 Å². The van der Waals surface area contributed by atoms with Crippen LogP contribution in [0.5, 0.6) is 0 Å². The molecule has 0 radical (unpaired) electrons. The van der Waals surface area contributed by atoms with Gasteiger partial charge in [-0.2, -0.15) is 13.2 Å². The minimum atomic E-state index is -4.25. The average molecular weight is 339 g/mol. The lowest BCUT2D eigenvalue weighted by Crippen LogP contribution is -2.14. The number of thioether (sulfide) groups is 1. The van der Waals surface area contributed by atoms with Crippen molar-refractivity contribution in [3.63, 3.8) is 0 Å². The molecule has 0 unspecified atom stereocenters. The second-order valence-electron chi connectivity index (χ2n) is 4.90. The number of benzene rings is 2. The molecule has 0 saturated heterocycles. The Hall–Kier alpha value is -1.95. The zero-order valence-electron chi connectivity index (χ0n) is 12.5. The van der Waals surface area contributed by atoms with Crippen molar-refractivity contribution in [1.82, 2.24) is 0 Å². The molecule has 0 heterocycles. The van der Waals surface area contributed by atoms with Crippen LogP contribution in [0.25, 0.3) is 0 Å². The normalized spacial score (nSPS) is 11.3. The Morgan fingerprint density at radius 3 is 2.35 bits per heavy atom. The van der Waals surface area contributed by atoms with E-state index in [1.807, 2.05) is 19.1 Å². The second kappa shape index (κ2) is 7.55. The number of hydrogen-bond donors (Lipinski definition) is 1. The topological polar surface area (TPSA) is 29.1 Å². The summed E-state index contributed by atoms with van der Waals surface area (Å²) in [5.74, 6) is -1.34. The number of nitrogens with one attached hydrogen (secondary N) is 1. The first-order chi connectivity index (χ1) is 10.9. The highest BCUT2D eigenvalue weighted by Gasteiger charge is 2.27. The Morgan fingerprint density at radius 1 is 1.09 bits per heavy atom. The Morgan fingerprint density at radius 2 is 1.74 bits per heavy atom. The zero-order valence-corrected chi connectivity index (χ0v) is 13.3. The van der Waals surface area contributed by atoms with Crippen molar-refractivity contribution in [3.05, 3.63) is 59.7 Å². The lowest BCUT2D eigenvalue weighted by Gasteiger charge is -2.12. The quantitative estimate of drug-likeness (QED) is 0.763. The molecule has 122 valence electrons. The molecule has 0 aliphatic carbocycles. The van der Waals surface area contributed by atoms with Gasteiger partial charge in [0.1, 0.15) is 0 Å². The minimum Gasteiger partial charge on any atom is -0.321 e. The van der Waals surface area contributed by atoms with E-state index in [1.54, 1.807) is 36.4 Å². The van der Waals surface area contributed by atoms with Crippen LogP contribution in [-0.4, -0.2) is 17.8 Å². The van der Waals surface area contributed by atoms with Gasteiger partial charge >= 0.3 is 6.18 Å². The van der Waals surface area contributed by atoms with Crippen molar-refractivity contribution in [3.8, 4) is 0 Å². The number of carbonyl (C=O) groups is 1. The Bertz CT molecular complexity index is 668. The largest absolute Gasteiger partial charge is 0.398 e. The van der Waals surface area contributed by atoms with Crippen LogP contribution in [0, 0.1) is 0 Å². The molecular weight excluding hydrogens is 323 g/mol. The van der Waals surface area contributed by atoms with Crippen molar-refractivity contribution >= 4 is 23.4 Å². The highest BCUT2D eigenvalue weighted by atomic mass is 32.2. The number of hydrogen-bond acceptors (Lipinski definition) is 2. The van der Waals surface area contributed by atoms with Gasteiger partial charge in [0.25, 0.3) is 5.91 Å². The van der Waals surface area contributed by atoms with Gasteiger partial charge in [-0.05, 0) is 36.2 Å². The zero-order chi connectivity index (χ0) is 16.9. The highest BCUT2D eigenvalue weighted by molar-refractivity contribution is 7.99. The van der Waals surface area contributed by atoms with Crippen LogP contribution in [0.2, 0.25) is 0 Å². The summed E-state index contributed by atoms with van der Waals surface area (Å²) in [5, 5.41) is 2.67. The number of para-hydroxylation sites is 1. The van der Waals surface area contributed by atoms with E-state index in [-0.39, 0.29) is 5.91 Å². The first-order valence-electron chi connectivity index (χ1n) is 7.08. The molecule has 1 N–H and O–H groups in total. The molecule has 1 amide bonds. The van der Waals surface area contributed by atoms with Gasteiger partial charge in [-0.1, -0.05) is 31.2 Å². The third-order valence-corrected chi connectivity index (χ3v) is 4.29. The summed E-state index contributed by atoms with van der Waals surface area (Å²) in [6, 6.07) is 13.6. The molecule has 0 aliphatic heterocycles. The first kappa shape index (κ1) is 17.4. The van der Waals surface area contributed by atoms with Gasteiger partial charge in [0.15, 0.2) is 0 Å². The lowest BCUT2D eigenvalue weighted by molar-refractivity contribution is -0.105. The summed E-state index contributed by atoms with van der Waals surface area (Å²) in [6.45, 7) is 2.02. The van der Waals surface area contributed by atoms with E-state index in [1.165, 1.54) is 0 Å². The van der Waals surface area contributed by atoms with Gasteiger partial charge in [-0.25, -0.2) is 0 Å². The van der Waals surface area contributed by atoms with Crippen LogP contribution >= 0.6 is 11.8 Å². The smallest absolute Gasteiger partial charge is 0.321 e. The van der Waals surface area contributed by atoms with E-state index in [2.05, 4.69) is 5.32 Å². The first-order valence-corrected chi connectivity index (χ1v) is 8.06. The van der Waals surface area contributed by atoms with E-state index in [0.29, 0.717) is 27.9 Å². The Labute approximate surface area is 137 Å². The van der Waals surface area contributed by atoms with Crippen molar-refractivity contribution in [2.45, 2.75) is 24.4 Å². The number of rotatable bonds is 5. The standard InChI is InChI=1S/C17H16F3NOS/c1-2-12-7-9-13(10-8-12)16(22)21-14-5-3-4-6-15(14)23-11-17(18,19)20/h3-10H,2,11H2,1H3,(H,21,22). The molecule has 2 aromatic carbocycles. The summed E-state index contributed by atoms with van der Waals surface area (Å²) in [7, 11) is 0. The maximum absolute atomic E-state index is 12.4. The third kappa shape index (κ3) is 5.32. The molecule has 0 bridgehead atoms. The van der Waals surface area contributed by atoms with Gasteiger partial charge in [0.05, 0.1) is 11.4 Å². The van der Waals surface area contributed by atoms with E-state index in [9.17, 15) is 18.0 Å². The number of amides is 1. The molecule has 0 aliphatic rings. The molecule has 6 heteroatoms. The third-order valence-electron chi connectivity index (χ3n) is 3.15. The average Bonchev–Trinajstić information content (AvgIpc) is 2.53. The number of anilines is 1. The lowest BCUT2D eigenvalue weighted by atomic mass is 10.1. The monoisotopic (exact) mass is 339 g/mol. The number of carbonyl (C=O) groups excluding carboxylic acids is 1. The van der Waals surface area contributed by atoms with Gasteiger partial charge in [0.2, 0.25) is 0 Å². The summed E-state index contributed by atoms with van der Waals surface area (Å²) < 4.78 is 37.1. The Kier molecular flexibility index (Phi) is 5.71. The van der Waals surface area contributed by atoms with Crippen LogP contribution in [0.4, 0.5) is 18.9 Å². The van der Waals surface area contributed by atoms with Gasteiger partial charge < -0.3 is 5.32 Å². The fourth-order valence-electron chi connectivity index (χ4n) is 1.94. The molecule has 0 fully saturated rings. The number of alkyl halides is 3. The van der Waals surface area contributed by atoms with E-state index in [0.717, 1.165) is 12.0 Å². The summed E-state index contributed by atoms with van der Waals surface area (Å²) in [5.41, 5.74) is 1.96. The maximum atomic E-state index is 12.4. The van der Waals surface area contributed by atoms with Crippen LogP contribution in [0.15, 0.2) is 53.4 Å². The van der Waals surface area contributed by atoms with Gasteiger partial charge in [0, 0.05) is 10.5 Å². The summed E-state index contributed by atoms with van der Waals surface area (Å²) in [4.78, 5) is 12.6. The molecule has 0 saturated carbocycles. The fraction of sp³-hybridized carbons (Fsp3) is 0.235. The Balaban J connectivity index is 2.11. The molecule has 0 spiro atoms. The SMILES string of the molecule is CCc1ccc(C(=O)Nc2ccccc2SCC(F)(F)F)cc1. The predicted molar refractivity (Wildman–Crippen MR) is 87.0 cm³/mol. The summed E-state index contributed by atoms with van der Waals surface area (Å²) in [6.07, 6.45) is -3.38. The van der Waals surface area contributed by atoms with Crippen LogP contribution in [0.3, 0.4) is 0 Å². The van der Waals surface area contributed by atoms with Gasteiger partial charge in [-0.15, -0.1) is 11.8 Å². The van der Waals surface area contributed by atoms with Crippen LogP contribution in [-0.2, 0) is 6.42 Å². The molecule has 2 rings (SSSR count). The number of halogens is 3. The van der Waals surface area contributed by atoms with Crippen molar-refractivity contribution < 1.29 is 18.0 Å². The molecule has 0 atom stereocenters. The van der Waals surface area contributed by atoms with E-state index in [4.69, 9.17) is 0 Å². The van der Waals surface area contributed by atoms with E-state index >= 15 is 0 Å². The van der Waals surface area contributed by atoms with Crippen molar-refractivity contribution in [1.29, 1.82) is 0 Å². The summed E-state index contributed by atoms with van der Waals surface area (Å²) >= 11 is 0.658. The molecule has 2 nitrogen and oxygen atoms in total. The van der Waals surface area contributed by atoms with Crippen molar-refractivity contribution in [2.24, 2.45) is 0 Å². The van der Waals surface area contributed by atoms with Crippen LogP contribution < -0.4 is 5.32 Å². The maximum Gasteiger partial charge on any atom is 0.398 e. The molecule has 0 aromatic heterocycles. The van der Waals surface area contributed by atoms with Gasteiger partial charge in [-0.3, -0.25) is 4.79 Å².